The Bertz CT molecular complexity index is 924. The van der Waals surface area contributed by atoms with Gasteiger partial charge in [0.05, 0.1) is 0 Å². The van der Waals surface area contributed by atoms with E-state index in [-0.39, 0.29) is 31.0 Å². The third-order valence-electron chi connectivity index (χ3n) is 5.86. The number of hydrogen-bond donors (Lipinski definition) is 1. The number of aryl methyl sites for hydroxylation is 1. The molecule has 0 bridgehead atoms. The summed E-state index contributed by atoms with van der Waals surface area (Å²) in [5, 5.41) is 4.02. The maximum atomic E-state index is 13.2. The molecule has 2 aromatic rings. The molecule has 0 unspecified atom stereocenters. The number of carbonyl (C=O) groups is 2. The maximum Gasteiger partial charge on any atom is 0.261 e. The number of benzene rings is 2. The van der Waals surface area contributed by atoms with E-state index in [0.29, 0.717) is 21.4 Å². The van der Waals surface area contributed by atoms with Gasteiger partial charge in [0.2, 0.25) is 5.91 Å². The largest absolute Gasteiger partial charge is 0.484 e. The fourth-order valence-corrected chi connectivity index (χ4v) is 4.46. The fourth-order valence-electron chi connectivity index (χ4n) is 3.94. The van der Waals surface area contributed by atoms with Crippen LogP contribution < -0.4 is 10.1 Å². The van der Waals surface area contributed by atoms with Gasteiger partial charge in [-0.15, -0.1) is 0 Å². The minimum atomic E-state index is -0.696. The normalized spacial score (nSPS) is 15.1. The van der Waals surface area contributed by atoms with Crippen molar-refractivity contribution in [2.45, 2.75) is 64.6 Å². The van der Waals surface area contributed by atoms with Crippen molar-refractivity contribution in [1.82, 2.24) is 10.2 Å². The summed E-state index contributed by atoms with van der Waals surface area (Å²) in [6.07, 6.45) is 5.37. The molecule has 0 heterocycles. The highest BCUT2D eigenvalue weighted by Gasteiger charge is 2.29. The van der Waals surface area contributed by atoms with Gasteiger partial charge in [-0.05, 0) is 56.5 Å². The van der Waals surface area contributed by atoms with E-state index in [2.05, 4.69) is 5.32 Å². The molecule has 7 heteroatoms. The lowest BCUT2D eigenvalue weighted by Crippen LogP contribution is -2.51. The van der Waals surface area contributed by atoms with Crippen LogP contribution in [0.4, 0.5) is 0 Å². The SMILES string of the molecule is Cc1cccc(OCC(=O)N(Cc2c(Cl)cccc2Cl)[C@@H](C)C(=O)NC2CCCCC2)c1. The van der Waals surface area contributed by atoms with Gasteiger partial charge in [0.15, 0.2) is 6.61 Å². The fraction of sp³-hybridized carbons (Fsp3) is 0.440. The lowest BCUT2D eigenvalue weighted by atomic mass is 9.95. The topological polar surface area (TPSA) is 58.6 Å². The molecule has 0 radical (unpaired) electrons. The average Bonchev–Trinajstić information content (AvgIpc) is 2.77. The Hall–Kier alpha value is -2.24. The van der Waals surface area contributed by atoms with Crippen LogP contribution in [0.1, 0.15) is 50.2 Å². The molecular weight excluding hydrogens is 447 g/mol. The van der Waals surface area contributed by atoms with Crippen molar-refractivity contribution >= 4 is 35.0 Å². The van der Waals surface area contributed by atoms with Crippen molar-refractivity contribution in [2.24, 2.45) is 0 Å². The number of hydrogen-bond acceptors (Lipinski definition) is 3. The molecule has 0 saturated heterocycles. The van der Waals surface area contributed by atoms with Crippen LogP contribution in [-0.2, 0) is 16.1 Å². The predicted octanol–water partition coefficient (Wildman–Crippen LogP) is 5.55. The van der Waals surface area contributed by atoms with Crippen molar-refractivity contribution in [3.8, 4) is 5.75 Å². The van der Waals surface area contributed by atoms with Gasteiger partial charge >= 0.3 is 0 Å². The Morgan fingerprint density at radius 1 is 1.09 bits per heavy atom. The predicted molar refractivity (Wildman–Crippen MR) is 128 cm³/mol. The second-order valence-corrected chi connectivity index (χ2v) is 9.16. The van der Waals surface area contributed by atoms with Crippen LogP contribution in [0.3, 0.4) is 0 Å². The van der Waals surface area contributed by atoms with Crippen LogP contribution in [0.5, 0.6) is 5.75 Å². The monoisotopic (exact) mass is 476 g/mol. The van der Waals surface area contributed by atoms with Gasteiger partial charge < -0.3 is 15.0 Å². The highest BCUT2D eigenvalue weighted by Crippen LogP contribution is 2.27. The molecule has 5 nitrogen and oxygen atoms in total. The summed E-state index contributed by atoms with van der Waals surface area (Å²) in [4.78, 5) is 27.7. The zero-order valence-electron chi connectivity index (χ0n) is 18.6. The van der Waals surface area contributed by atoms with E-state index in [9.17, 15) is 9.59 Å². The Labute approximate surface area is 200 Å². The summed E-state index contributed by atoms with van der Waals surface area (Å²) in [6.45, 7) is 3.62. The first kappa shape index (κ1) is 24.4. The molecule has 0 aromatic heterocycles. The number of rotatable bonds is 8. The van der Waals surface area contributed by atoms with Crippen LogP contribution in [0, 0.1) is 6.92 Å². The molecule has 0 spiro atoms. The molecule has 1 atom stereocenters. The molecule has 0 aliphatic heterocycles. The number of ether oxygens (including phenoxy) is 1. The Morgan fingerprint density at radius 2 is 1.75 bits per heavy atom. The third kappa shape index (κ3) is 6.63. The van der Waals surface area contributed by atoms with Crippen molar-refractivity contribution in [3.63, 3.8) is 0 Å². The number of nitrogens with one attached hydrogen (secondary N) is 1. The van der Waals surface area contributed by atoms with Gasteiger partial charge in [-0.2, -0.15) is 0 Å². The van der Waals surface area contributed by atoms with E-state index < -0.39 is 6.04 Å². The highest BCUT2D eigenvalue weighted by atomic mass is 35.5. The lowest BCUT2D eigenvalue weighted by molar-refractivity contribution is -0.142. The molecule has 2 aromatic carbocycles. The third-order valence-corrected chi connectivity index (χ3v) is 6.57. The Morgan fingerprint density at radius 3 is 2.41 bits per heavy atom. The second kappa shape index (κ2) is 11.6. The first-order chi connectivity index (χ1) is 15.3. The molecule has 1 N–H and O–H groups in total. The van der Waals surface area contributed by atoms with Crippen LogP contribution in [0.25, 0.3) is 0 Å². The molecule has 1 saturated carbocycles. The molecule has 172 valence electrons. The van der Waals surface area contributed by atoms with Gasteiger partial charge in [0.1, 0.15) is 11.8 Å². The van der Waals surface area contributed by atoms with E-state index >= 15 is 0 Å². The standard InChI is InChI=1S/C25H30Cl2N2O3/c1-17-8-6-11-20(14-17)32-16-24(30)29(15-21-22(26)12-7-13-23(21)27)18(2)25(31)28-19-9-4-3-5-10-19/h6-8,11-14,18-19H,3-5,9-10,15-16H2,1-2H3,(H,28,31)/t18-/m0/s1. The summed E-state index contributed by atoms with van der Waals surface area (Å²) in [5.74, 6) is 0.117. The lowest BCUT2D eigenvalue weighted by Gasteiger charge is -2.31. The van der Waals surface area contributed by atoms with E-state index in [1.165, 1.54) is 11.3 Å². The summed E-state index contributed by atoms with van der Waals surface area (Å²) < 4.78 is 5.72. The summed E-state index contributed by atoms with van der Waals surface area (Å²) in [6, 6.07) is 12.1. The summed E-state index contributed by atoms with van der Waals surface area (Å²) in [5.41, 5.74) is 1.65. The van der Waals surface area contributed by atoms with Crippen LogP contribution in [-0.4, -0.2) is 35.4 Å². The first-order valence-electron chi connectivity index (χ1n) is 11.1. The van der Waals surface area contributed by atoms with Gasteiger partial charge in [-0.3, -0.25) is 9.59 Å². The van der Waals surface area contributed by atoms with Crippen molar-refractivity contribution < 1.29 is 14.3 Å². The van der Waals surface area contributed by atoms with E-state index in [1.807, 2.05) is 25.1 Å². The maximum absolute atomic E-state index is 13.2. The van der Waals surface area contributed by atoms with Crippen molar-refractivity contribution in [3.05, 3.63) is 63.6 Å². The zero-order chi connectivity index (χ0) is 23.1. The Balaban J connectivity index is 1.76. The van der Waals surface area contributed by atoms with Crippen LogP contribution in [0.15, 0.2) is 42.5 Å². The number of halogens is 2. The quantitative estimate of drug-likeness (QED) is 0.543. The van der Waals surface area contributed by atoms with Crippen molar-refractivity contribution in [1.29, 1.82) is 0 Å². The van der Waals surface area contributed by atoms with Crippen LogP contribution >= 0.6 is 23.2 Å². The van der Waals surface area contributed by atoms with E-state index in [4.69, 9.17) is 27.9 Å². The van der Waals surface area contributed by atoms with Crippen molar-refractivity contribution in [2.75, 3.05) is 6.61 Å². The van der Waals surface area contributed by atoms with Gasteiger partial charge in [0, 0.05) is 28.2 Å². The molecule has 2 amide bonds. The van der Waals surface area contributed by atoms with Crippen LogP contribution in [0.2, 0.25) is 10.0 Å². The summed E-state index contributed by atoms with van der Waals surface area (Å²) in [7, 11) is 0. The minimum absolute atomic E-state index is 0.119. The molecule has 1 aliphatic rings. The van der Waals surface area contributed by atoms with Gasteiger partial charge in [-0.25, -0.2) is 0 Å². The molecule has 3 rings (SSSR count). The average molecular weight is 477 g/mol. The highest BCUT2D eigenvalue weighted by molar-refractivity contribution is 6.36. The number of amides is 2. The second-order valence-electron chi connectivity index (χ2n) is 8.35. The number of nitrogens with zero attached hydrogens (tertiary/aromatic N) is 1. The number of carbonyl (C=O) groups excluding carboxylic acids is 2. The summed E-state index contributed by atoms with van der Waals surface area (Å²) >= 11 is 12.7. The smallest absolute Gasteiger partial charge is 0.261 e. The minimum Gasteiger partial charge on any atom is -0.484 e. The van der Waals surface area contributed by atoms with Gasteiger partial charge in [0.25, 0.3) is 5.91 Å². The molecule has 1 fully saturated rings. The first-order valence-corrected chi connectivity index (χ1v) is 11.8. The van der Waals surface area contributed by atoms with Gasteiger partial charge in [-0.1, -0.05) is 60.7 Å². The zero-order valence-corrected chi connectivity index (χ0v) is 20.1. The van der Waals surface area contributed by atoms with E-state index in [1.54, 1.807) is 31.2 Å². The Kier molecular flexibility index (Phi) is 8.83. The molecule has 32 heavy (non-hydrogen) atoms. The molecule has 1 aliphatic carbocycles. The van der Waals surface area contributed by atoms with E-state index in [0.717, 1.165) is 31.2 Å². The molecular formula is C25H30Cl2N2O3.